The smallest absolute Gasteiger partial charge is 0.0179 e. The molecule has 1 rings (SSSR count). The Bertz CT molecular complexity index is 153. The quantitative estimate of drug-likeness (QED) is 0.548. The van der Waals surface area contributed by atoms with Gasteiger partial charge in [-0.1, -0.05) is 66.2 Å². The van der Waals surface area contributed by atoms with Crippen molar-refractivity contribution in [1.82, 2.24) is 0 Å². The third-order valence-electron chi connectivity index (χ3n) is 4.49. The molecule has 0 heteroatoms. The molecule has 0 aromatic carbocycles. The Morgan fingerprint density at radius 1 is 1.06 bits per heavy atom. The molecule has 0 bridgehead atoms. The van der Waals surface area contributed by atoms with Crippen molar-refractivity contribution in [3.8, 4) is 0 Å². The van der Waals surface area contributed by atoms with Gasteiger partial charge in [-0.15, -0.1) is 0 Å². The minimum atomic E-state index is 0.884. The van der Waals surface area contributed by atoms with Gasteiger partial charge in [0.25, 0.3) is 0 Å². The molecule has 3 unspecified atom stereocenters. The van der Waals surface area contributed by atoms with Gasteiger partial charge in [0.05, 0.1) is 0 Å². The van der Waals surface area contributed by atoms with Crippen molar-refractivity contribution in [2.75, 3.05) is 0 Å². The summed E-state index contributed by atoms with van der Waals surface area (Å²) in [6.07, 6.45) is 11.4. The number of hydrogen-bond acceptors (Lipinski definition) is 0. The van der Waals surface area contributed by atoms with E-state index in [-0.39, 0.29) is 0 Å². The van der Waals surface area contributed by atoms with Gasteiger partial charge in [-0.3, -0.25) is 0 Å². The van der Waals surface area contributed by atoms with E-state index in [2.05, 4.69) is 27.7 Å². The molecular weight excluding hydrogens is 192 g/mol. The fourth-order valence-electron chi connectivity index (χ4n) is 3.60. The fourth-order valence-corrected chi connectivity index (χ4v) is 3.60. The fraction of sp³-hybridized carbons (Fsp3) is 0.938. The lowest BCUT2D eigenvalue weighted by Gasteiger charge is -2.39. The highest BCUT2D eigenvalue weighted by Gasteiger charge is 2.32. The van der Waals surface area contributed by atoms with Crippen molar-refractivity contribution in [3.05, 3.63) is 5.92 Å². The Labute approximate surface area is 103 Å². The molecule has 0 aromatic heterocycles. The largest absolute Gasteiger partial charge is 0.0654 e. The summed E-state index contributed by atoms with van der Waals surface area (Å²) in [6, 6.07) is 0. The normalized spacial score (nSPS) is 26.6. The highest BCUT2D eigenvalue weighted by atomic mass is 14.4. The van der Waals surface area contributed by atoms with Crippen molar-refractivity contribution in [2.24, 2.45) is 17.8 Å². The molecule has 0 heterocycles. The van der Waals surface area contributed by atoms with E-state index in [1.54, 1.807) is 0 Å². The van der Waals surface area contributed by atoms with Crippen molar-refractivity contribution < 1.29 is 0 Å². The molecule has 0 amide bonds. The van der Waals surface area contributed by atoms with Crippen LogP contribution in [0.5, 0.6) is 0 Å². The van der Waals surface area contributed by atoms with Crippen LogP contribution in [0.25, 0.3) is 0 Å². The van der Waals surface area contributed by atoms with Crippen LogP contribution >= 0.6 is 0 Å². The third-order valence-corrected chi connectivity index (χ3v) is 4.49. The van der Waals surface area contributed by atoms with E-state index in [1.807, 2.05) is 5.92 Å². The van der Waals surface area contributed by atoms with Crippen LogP contribution in [0.2, 0.25) is 0 Å². The van der Waals surface area contributed by atoms with Crippen LogP contribution in [0.1, 0.15) is 79.1 Å². The maximum atomic E-state index is 2.48. The molecule has 0 spiro atoms. The Hall–Kier alpha value is 0. The molecule has 16 heavy (non-hydrogen) atoms. The van der Waals surface area contributed by atoms with Crippen LogP contribution in [0.4, 0.5) is 0 Å². The summed E-state index contributed by atoms with van der Waals surface area (Å²) in [5.41, 5.74) is 0. The first-order valence-corrected chi connectivity index (χ1v) is 7.56. The van der Waals surface area contributed by atoms with E-state index in [4.69, 9.17) is 0 Å². The Morgan fingerprint density at radius 3 is 2.38 bits per heavy atom. The molecule has 0 aliphatic heterocycles. The van der Waals surface area contributed by atoms with Crippen molar-refractivity contribution in [3.63, 3.8) is 0 Å². The topological polar surface area (TPSA) is 0 Å². The summed E-state index contributed by atoms with van der Waals surface area (Å²) < 4.78 is 0. The first-order valence-electron chi connectivity index (χ1n) is 7.56. The lowest BCUT2D eigenvalue weighted by molar-refractivity contribution is 0.237. The van der Waals surface area contributed by atoms with Gasteiger partial charge in [0.1, 0.15) is 0 Å². The minimum absolute atomic E-state index is 0.884. The average Bonchev–Trinajstić information content (AvgIpc) is 2.30. The van der Waals surface area contributed by atoms with E-state index in [0.717, 1.165) is 17.8 Å². The highest BCUT2D eigenvalue weighted by Crippen LogP contribution is 2.43. The van der Waals surface area contributed by atoms with Crippen molar-refractivity contribution >= 4 is 0 Å². The van der Waals surface area contributed by atoms with Gasteiger partial charge in [0.15, 0.2) is 0 Å². The second-order valence-corrected chi connectivity index (χ2v) is 5.88. The summed E-state index contributed by atoms with van der Waals surface area (Å²) in [4.78, 5) is 0. The molecule has 0 aromatic rings. The standard InChI is InChI=1S/C16H31/c1-5-9-13(3)15-11-7-8-12-16(15)14(4)10-6-2/h13-15H,5-12H2,1-4H3. The lowest BCUT2D eigenvalue weighted by Crippen LogP contribution is -2.28. The predicted octanol–water partition coefficient (Wildman–Crippen LogP) is 5.62. The molecule has 1 aliphatic carbocycles. The maximum absolute atomic E-state index is 2.48. The summed E-state index contributed by atoms with van der Waals surface area (Å²) in [5, 5.41) is 0. The molecule has 0 nitrogen and oxygen atoms in total. The summed E-state index contributed by atoms with van der Waals surface area (Å²) >= 11 is 0. The Morgan fingerprint density at radius 2 is 1.75 bits per heavy atom. The molecule has 1 radical (unpaired) electrons. The second-order valence-electron chi connectivity index (χ2n) is 5.88. The highest BCUT2D eigenvalue weighted by molar-refractivity contribution is 5.04. The molecule has 0 N–H and O–H groups in total. The van der Waals surface area contributed by atoms with Gasteiger partial charge in [0.2, 0.25) is 0 Å². The van der Waals surface area contributed by atoms with E-state index in [1.165, 1.54) is 51.4 Å². The van der Waals surface area contributed by atoms with Gasteiger partial charge in [-0.2, -0.15) is 0 Å². The summed E-state index contributed by atoms with van der Waals surface area (Å²) in [5.74, 6) is 4.69. The van der Waals surface area contributed by atoms with Crippen LogP contribution < -0.4 is 0 Å². The molecular formula is C16H31. The van der Waals surface area contributed by atoms with Gasteiger partial charge >= 0.3 is 0 Å². The monoisotopic (exact) mass is 223 g/mol. The summed E-state index contributed by atoms with van der Waals surface area (Å²) in [6.45, 7) is 9.60. The Balaban J connectivity index is 2.55. The first-order chi connectivity index (χ1) is 7.70. The zero-order valence-electron chi connectivity index (χ0n) is 11.9. The van der Waals surface area contributed by atoms with Crippen LogP contribution in [0, 0.1) is 23.7 Å². The van der Waals surface area contributed by atoms with Gasteiger partial charge in [0, 0.05) is 0 Å². The van der Waals surface area contributed by atoms with Crippen LogP contribution in [0.3, 0.4) is 0 Å². The number of hydrogen-bond donors (Lipinski definition) is 0. The van der Waals surface area contributed by atoms with E-state index in [9.17, 15) is 0 Å². The van der Waals surface area contributed by atoms with Crippen LogP contribution in [-0.2, 0) is 0 Å². The lowest BCUT2D eigenvalue weighted by atomic mass is 9.66. The third kappa shape index (κ3) is 3.79. The molecule has 0 saturated heterocycles. The summed E-state index contributed by atoms with van der Waals surface area (Å²) in [7, 11) is 0. The van der Waals surface area contributed by atoms with Crippen LogP contribution in [0.15, 0.2) is 0 Å². The molecule has 1 fully saturated rings. The zero-order chi connectivity index (χ0) is 12.0. The van der Waals surface area contributed by atoms with Gasteiger partial charge in [-0.25, -0.2) is 0 Å². The van der Waals surface area contributed by atoms with Gasteiger partial charge < -0.3 is 0 Å². The SMILES string of the molecule is CCCC(C)[C]1CCCCC1C(C)CCC. The van der Waals surface area contributed by atoms with Gasteiger partial charge in [-0.05, 0) is 36.5 Å². The first kappa shape index (κ1) is 14.1. The van der Waals surface area contributed by atoms with Crippen molar-refractivity contribution in [2.45, 2.75) is 79.1 Å². The van der Waals surface area contributed by atoms with E-state index in [0.29, 0.717) is 0 Å². The second kappa shape index (κ2) is 7.35. The average molecular weight is 223 g/mol. The number of rotatable bonds is 6. The predicted molar refractivity (Wildman–Crippen MR) is 73.3 cm³/mol. The zero-order valence-corrected chi connectivity index (χ0v) is 11.9. The molecule has 3 atom stereocenters. The van der Waals surface area contributed by atoms with E-state index < -0.39 is 0 Å². The van der Waals surface area contributed by atoms with E-state index >= 15 is 0 Å². The minimum Gasteiger partial charge on any atom is -0.0654 e. The molecule has 1 aliphatic rings. The molecule has 95 valence electrons. The van der Waals surface area contributed by atoms with Crippen molar-refractivity contribution in [1.29, 1.82) is 0 Å². The molecule has 1 saturated carbocycles. The Kier molecular flexibility index (Phi) is 6.46. The van der Waals surface area contributed by atoms with Crippen LogP contribution in [-0.4, -0.2) is 0 Å². The maximum Gasteiger partial charge on any atom is -0.0179 e.